The van der Waals surface area contributed by atoms with Crippen molar-refractivity contribution >= 4 is 5.69 Å². The van der Waals surface area contributed by atoms with E-state index < -0.39 is 0 Å². The molecule has 2 N–H and O–H groups in total. The SMILES string of the molecule is CN1CCOc2c(CCCN)cccc21. The number of ether oxygens (including phenoxy) is 1. The van der Waals surface area contributed by atoms with E-state index in [0.29, 0.717) is 0 Å². The normalized spacial score (nSPS) is 14.7. The van der Waals surface area contributed by atoms with E-state index in [2.05, 4.69) is 30.1 Å². The van der Waals surface area contributed by atoms with Gasteiger partial charge in [0.25, 0.3) is 0 Å². The Balaban J connectivity index is 2.27. The maximum atomic E-state index is 5.74. The molecule has 0 fully saturated rings. The van der Waals surface area contributed by atoms with Crippen LogP contribution < -0.4 is 15.4 Å². The maximum Gasteiger partial charge on any atom is 0.145 e. The molecular formula is C12H18N2O. The fraction of sp³-hybridized carbons (Fsp3) is 0.500. The van der Waals surface area contributed by atoms with Gasteiger partial charge in [-0.05, 0) is 31.0 Å². The number of hydrogen-bond acceptors (Lipinski definition) is 3. The fourth-order valence-corrected chi connectivity index (χ4v) is 1.93. The van der Waals surface area contributed by atoms with Crippen LogP contribution in [0.25, 0.3) is 0 Å². The Morgan fingerprint density at radius 1 is 1.47 bits per heavy atom. The minimum atomic E-state index is 0.736. The quantitative estimate of drug-likeness (QED) is 0.812. The van der Waals surface area contributed by atoms with Gasteiger partial charge in [-0.3, -0.25) is 0 Å². The van der Waals surface area contributed by atoms with Gasteiger partial charge >= 0.3 is 0 Å². The predicted molar refractivity (Wildman–Crippen MR) is 62.6 cm³/mol. The number of likely N-dealkylation sites (N-methyl/N-ethyl adjacent to an activating group) is 1. The molecule has 0 unspecified atom stereocenters. The van der Waals surface area contributed by atoms with Crippen molar-refractivity contribution in [1.29, 1.82) is 0 Å². The number of anilines is 1. The van der Waals surface area contributed by atoms with Gasteiger partial charge in [0.15, 0.2) is 0 Å². The first-order valence-electron chi connectivity index (χ1n) is 5.49. The number of hydrogen-bond donors (Lipinski definition) is 1. The summed E-state index contributed by atoms with van der Waals surface area (Å²) in [6.45, 7) is 2.48. The van der Waals surface area contributed by atoms with Crippen LogP contribution in [0.4, 0.5) is 5.69 Å². The average molecular weight is 206 g/mol. The minimum Gasteiger partial charge on any atom is -0.489 e. The fourth-order valence-electron chi connectivity index (χ4n) is 1.93. The van der Waals surface area contributed by atoms with Gasteiger partial charge in [0.1, 0.15) is 12.4 Å². The first kappa shape index (κ1) is 10.3. The van der Waals surface area contributed by atoms with E-state index in [1.54, 1.807) is 0 Å². The number of para-hydroxylation sites is 1. The van der Waals surface area contributed by atoms with Gasteiger partial charge in [-0.2, -0.15) is 0 Å². The van der Waals surface area contributed by atoms with E-state index in [0.717, 1.165) is 38.3 Å². The number of benzene rings is 1. The highest BCUT2D eigenvalue weighted by Crippen LogP contribution is 2.34. The Hall–Kier alpha value is -1.22. The highest BCUT2D eigenvalue weighted by molar-refractivity contribution is 5.62. The molecule has 82 valence electrons. The molecular weight excluding hydrogens is 188 g/mol. The topological polar surface area (TPSA) is 38.5 Å². The third kappa shape index (κ3) is 2.07. The summed E-state index contributed by atoms with van der Waals surface area (Å²) >= 11 is 0. The Kier molecular flexibility index (Phi) is 3.11. The zero-order chi connectivity index (χ0) is 10.7. The third-order valence-corrected chi connectivity index (χ3v) is 2.81. The van der Waals surface area contributed by atoms with Crippen molar-refractivity contribution in [1.82, 2.24) is 0 Å². The van der Waals surface area contributed by atoms with E-state index in [4.69, 9.17) is 10.5 Å². The van der Waals surface area contributed by atoms with Crippen molar-refractivity contribution < 1.29 is 4.74 Å². The van der Waals surface area contributed by atoms with Crippen molar-refractivity contribution in [2.75, 3.05) is 31.6 Å². The summed E-state index contributed by atoms with van der Waals surface area (Å²) in [7, 11) is 2.11. The summed E-state index contributed by atoms with van der Waals surface area (Å²) in [5.74, 6) is 1.06. The zero-order valence-corrected chi connectivity index (χ0v) is 9.20. The first-order chi connectivity index (χ1) is 7.33. The molecule has 1 aliphatic heterocycles. The van der Waals surface area contributed by atoms with Gasteiger partial charge in [0.05, 0.1) is 12.2 Å². The lowest BCUT2D eigenvalue weighted by Gasteiger charge is -2.29. The molecule has 1 aromatic rings. The van der Waals surface area contributed by atoms with E-state index >= 15 is 0 Å². The van der Waals surface area contributed by atoms with Crippen molar-refractivity contribution in [3.63, 3.8) is 0 Å². The van der Waals surface area contributed by atoms with Crippen LogP contribution >= 0.6 is 0 Å². The van der Waals surface area contributed by atoms with Crippen LogP contribution in [-0.4, -0.2) is 26.7 Å². The molecule has 0 radical (unpaired) electrons. The second-order valence-corrected chi connectivity index (χ2v) is 3.93. The molecule has 1 aromatic carbocycles. The molecule has 0 atom stereocenters. The number of nitrogens with zero attached hydrogens (tertiary/aromatic N) is 1. The van der Waals surface area contributed by atoms with Crippen molar-refractivity contribution in [2.45, 2.75) is 12.8 Å². The van der Waals surface area contributed by atoms with Crippen LogP contribution in [0.1, 0.15) is 12.0 Å². The third-order valence-electron chi connectivity index (χ3n) is 2.81. The second kappa shape index (κ2) is 4.53. The molecule has 0 saturated carbocycles. The van der Waals surface area contributed by atoms with Crippen molar-refractivity contribution in [3.8, 4) is 5.75 Å². The van der Waals surface area contributed by atoms with Crippen LogP contribution in [0.2, 0.25) is 0 Å². The average Bonchev–Trinajstić information content (AvgIpc) is 2.27. The Labute approximate surface area is 90.8 Å². The summed E-state index contributed by atoms with van der Waals surface area (Å²) in [5.41, 5.74) is 8.01. The largest absolute Gasteiger partial charge is 0.489 e. The number of fused-ring (bicyclic) bond motifs is 1. The molecule has 0 saturated heterocycles. The van der Waals surface area contributed by atoms with Gasteiger partial charge in [0, 0.05) is 7.05 Å². The van der Waals surface area contributed by atoms with Crippen LogP contribution in [0, 0.1) is 0 Å². The van der Waals surface area contributed by atoms with Crippen molar-refractivity contribution in [3.05, 3.63) is 23.8 Å². The van der Waals surface area contributed by atoms with Gasteiger partial charge in [0.2, 0.25) is 0 Å². The molecule has 1 aliphatic rings. The van der Waals surface area contributed by atoms with Gasteiger partial charge in [-0.15, -0.1) is 0 Å². The molecule has 1 heterocycles. The minimum absolute atomic E-state index is 0.736. The molecule has 0 aliphatic carbocycles. The van der Waals surface area contributed by atoms with E-state index in [1.807, 2.05) is 0 Å². The van der Waals surface area contributed by atoms with Crippen LogP contribution in [0.5, 0.6) is 5.75 Å². The number of nitrogens with two attached hydrogens (primary N) is 1. The predicted octanol–water partition coefficient (Wildman–Crippen LogP) is 1.41. The molecule has 2 rings (SSSR count). The molecule has 0 amide bonds. The number of rotatable bonds is 3. The lowest BCUT2D eigenvalue weighted by molar-refractivity contribution is 0.308. The summed E-state index contributed by atoms with van der Waals surface area (Å²) < 4.78 is 5.74. The monoisotopic (exact) mass is 206 g/mol. The molecule has 15 heavy (non-hydrogen) atoms. The highest BCUT2D eigenvalue weighted by Gasteiger charge is 2.17. The van der Waals surface area contributed by atoms with Crippen LogP contribution in [0.15, 0.2) is 18.2 Å². The second-order valence-electron chi connectivity index (χ2n) is 3.93. The highest BCUT2D eigenvalue weighted by atomic mass is 16.5. The lowest BCUT2D eigenvalue weighted by atomic mass is 10.1. The van der Waals surface area contributed by atoms with Crippen molar-refractivity contribution in [2.24, 2.45) is 5.73 Å². The van der Waals surface area contributed by atoms with E-state index in [9.17, 15) is 0 Å². The Morgan fingerprint density at radius 3 is 3.13 bits per heavy atom. The molecule has 3 nitrogen and oxygen atoms in total. The number of aryl methyl sites for hydroxylation is 1. The zero-order valence-electron chi connectivity index (χ0n) is 9.20. The summed E-state index contributed by atoms with van der Waals surface area (Å²) in [6.07, 6.45) is 2.02. The van der Waals surface area contributed by atoms with E-state index in [-0.39, 0.29) is 0 Å². The molecule has 0 aromatic heterocycles. The summed E-state index contributed by atoms with van der Waals surface area (Å²) in [6, 6.07) is 6.34. The van der Waals surface area contributed by atoms with Gasteiger partial charge < -0.3 is 15.4 Å². The summed E-state index contributed by atoms with van der Waals surface area (Å²) in [5, 5.41) is 0. The first-order valence-corrected chi connectivity index (χ1v) is 5.49. The Bertz CT molecular complexity index is 338. The van der Waals surface area contributed by atoms with Gasteiger partial charge in [-0.1, -0.05) is 12.1 Å². The Morgan fingerprint density at radius 2 is 2.33 bits per heavy atom. The van der Waals surface area contributed by atoms with Crippen LogP contribution in [0.3, 0.4) is 0 Å². The van der Waals surface area contributed by atoms with E-state index in [1.165, 1.54) is 11.3 Å². The molecule has 3 heteroatoms. The van der Waals surface area contributed by atoms with Crippen LogP contribution in [-0.2, 0) is 6.42 Å². The maximum absolute atomic E-state index is 5.74. The van der Waals surface area contributed by atoms with Gasteiger partial charge in [-0.25, -0.2) is 0 Å². The lowest BCUT2D eigenvalue weighted by Crippen LogP contribution is -2.29. The molecule has 0 bridgehead atoms. The molecule has 0 spiro atoms. The smallest absolute Gasteiger partial charge is 0.145 e. The summed E-state index contributed by atoms with van der Waals surface area (Å²) in [4.78, 5) is 2.24. The standard InChI is InChI=1S/C12H18N2O/c1-14-8-9-15-12-10(5-3-7-13)4-2-6-11(12)14/h2,4,6H,3,5,7-9,13H2,1H3.